The summed E-state index contributed by atoms with van der Waals surface area (Å²) in [5.74, 6) is 0.249. The van der Waals surface area contributed by atoms with Gasteiger partial charge in [-0.1, -0.05) is 0 Å². The standard InChI is InChI=1S/C7H8O4/c8-3-7-6(1-2-11-7)4-10-5-9/h1-3,9H,4-5H2. The lowest BCUT2D eigenvalue weighted by Crippen LogP contribution is -1.94. The Bertz CT molecular complexity index is 228. The lowest BCUT2D eigenvalue weighted by atomic mass is 10.3. The zero-order valence-electron chi connectivity index (χ0n) is 5.82. The smallest absolute Gasteiger partial charge is 0.185 e. The molecule has 0 aromatic carbocycles. The highest BCUT2D eigenvalue weighted by molar-refractivity contribution is 5.72. The first-order valence-corrected chi connectivity index (χ1v) is 3.08. The monoisotopic (exact) mass is 156 g/mol. The third-order valence-electron chi connectivity index (χ3n) is 1.24. The van der Waals surface area contributed by atoms with Crippen molar-refractivity contribution in [2.45, 2.75) is 6.61 Å². The second kappa shape index (κ2) is 3.90. The van der Waals surface area contributed by atoms with E-state index in [4.69, 9.17) is 9.52 Å². The number of aldehydes is 1. The molecule has 60 valence electrons. The van der Waals surface area contributed by atoms with Gasteiger partial charge < -0.3 is 14.3 Å². The number of hydrogen-bond donors (Lipinski definition) is 1. The molecule has 1 rings (SSSR count). The van der Waals surface area contributed by atoms with Gasteiger partial charge in [-0.25, -0.2) is 0 Å². The number of furan rings is 1. The van der Waals surface area contributed by atoms with Gasteiger partial charge in [-0.3, -0.25) is 4.79 Å². The molecular weight excluding hydrogens is 148 g/mol. The predicted molar refractivity (Wildman–Crippen MR) is 36.0 cm³/mol. The van der Waals surface area contributed by atoms with Crippen LogP contribution in [0, 0.1) is 0 Å². The van der Waals surface area contributed by atoms with Crippen molar-refractivity contribution in [3.8, 4) is 0 Å². The van der Waals surface area contributed by atoms with Gasteiger partial charge in [0.15, 0.2) is 12.0 Å². The minimum Gasteiger partial charge on any atom is -0.461 e. The van der Waals surface area contributed by atoms with E-state index in [0.717, 1.165) is 0 Å². The fraction of sp³-hybridized carbons (Fsp3) is 0.286. The van der Waals surface area contributed by atoms with Crippen molar-refractivity contribution in [1.29, 1.82) is 0 Å². The summed E-state index contributed by atoms with van der Waals surface area (Å²) in [7, 11) is 0. The molecule has 0 fully saturated rings. The van der Waals surface area contributed by atoms with Crippen LogP contribution in [0.1, 0.15) is 16.1 Å². The van der Waals surface area contributed by atoms with Crippen molar-refractivity contribution in [2.24, 2.45) is 0 Å². The maximum atomic E-state index is 10.2. The Morgan fingerprint density at radius 1 is 1.73 bits per heavy atom. The molecule has 0 saturated carbocycles. The van der Waals surface area contributed by atoms with Crippen LogP contribution in [0.15, 0.2) is 16.7 Å². The van der Waals surface area contributed by atoms with Gasteiger partial charge in [0.05, 0.1) is 12.9 Å². The molecule has 4 heteroatoms. The quantitative estimate of drug-likeness (QED) is 0.511. The molecule has 0 aliphatic carbocycles. The largest absolute Gasteiger partial charge is 0.461 e. The summed E-state index contributed by atoms with van der Waals surface area (Å²) in [6.07, 6.45) is 2.01. The SMILES string of the molecule is O=Cc1occc1COCO. The summed E-state index contributed by atoms with van der Waals surface area (Å²) in [5, 5.41) is 8.29. The van der Waals surface area contributed by atoms with Crippen molar-refractivity contribution < 1.29 is 19.1 Å². The van der Waals surface area contributed by atoms with E-state index >= 15 is 0 Å². The van der Waals surface area contributed by atoms with Gasteiger partial charge in [-0.2, -0.15) is 0 Å². The Morgan fingerprint density at radius 2 is 2.55 bits per heavy atom. The van der Waals surface area contributed by atoms with Gasteiger partial charge in [-0.15, -0.1) is 0 Å². The van der Waals surface area contributed by atoms with Crippen LogP contribution in [0.25, 0.3) is 0 Å². The van der Waals surface area contributed by atoms with Crippen LogP contribution in [0.2, 0.25) is 0 Å². The molecule has 1 heterocycles. The zero-order chi connectivity index (χ0) is 8.10. The first kappa shape index (κ1) is 7.97. The van der Waals surface area contributed by atoms with Crippen LogP contribution in [-0.4, -0.2) is 18.2 Å². The van der Waals surface area contributed by atoms with Gasteiger partial charge in [0.1, 0.15) is 6.79 Å². The Morgan fingerprint density at radius 3 is 3.18 bits per heavy atom. The molecule has 11 heavy (non-hydrogen) atoms. The van der Waals surface area contributed by atoms with E-state index in [2.05, 4.69) is 4.74 Å². The van der Waals surface area contributed by atoms with Crippen LogP contribution < -0.4 is 0 Å². The molecule has 1 N–H and O–H groups in total. The number of carbonyl (C=O) groups excluding carboxylic acids is 1. The van der Waals surface area contributed by atoms with Crippen LogP contribution in [0.4, 0.5) is 0 Å². The number of aliphatic hydroxyl groups excluding tert-OH is 1. The molecule has 0 unspecified atom stereocenters. The average Bonchev–Trinajstić information content (AvgIpc) is 2.47. The third-order valence-corrected chi connectivity index (χ3v) is 1.24. The zero-order valence-corrected chi connectivity index (χ0v) is 5.82. The summed E-state index contributed by atoms with van der Waals surface area (Å²) in [5.41, 5.74) is 0.647. The second-order valence-corrected chi connectivity index (χ2v) is 1.91. The normalized spacial score (nSPS) is 9.91. The first-order valence-electron chi connectivity index (χ1n) is 3.08. The lowest BCUT2D eigenvalue weighted by molar-refractivity contribution is -0.0115. The van der Waals surface area contributed by atoms with E-state index in [9.17, 15) is 4.79 Å². The lowest BCUT2D eigenvalue weighted by Gasteiger charge is -1.95. The van der Waals surface area contributed by atoms with Gasteiger partial charge in [-0.05, 0) is 6.07 Å². The van der Waals surface area contributed by atoms with E-state index in [1.165, 1.54) is 6.26 Å². The number of rotatable bonds is 4. The molecule has 0 aliphatic rings. The predicted octanol–water partition coefficient (Wildman–Crippen LogP) is 0.558. The average molecular weight is 156 g/mol. The molecule has 0 spiro atoms. The molecule has 0 amide bonds. The summed E-state index contributed by atoms with van der Waals surface area (Å²) in [6.45, 7) is -0.162. The Labute approximate surface area is 63.4 Å². The van der Waals surface area contributed by atoms with E-state index in [-0.39, 0.29) is 19.2 Å². The highest BCUT2D eigenvalue weighted by atomic mass is 16.6. The van der Waals surface area contributed by atoms with Gasteiger partial charge >= 0.3 is 0 Å². The number of carbonyl (C=O) groups is 1. The molecule has 0 aliphatic heterocycles. The second-order valence-electron chi connectivity index (χ2n) is 1.91. The number of ether oxygens (including phenoxy) is 1. The van der Waals surface area contributed by atoms with E-state index < -0.39 is 0 Å². The molecular formula is C7H8O4. The molecule has 1 aromatic heterocycles. The van der Waals surface area contributed by atoms with Crippen molar-refractivity contribution in [1.82, 2.24) is 0 Å². The number of aliphatic hydroxyl groups is 1. The topological polar surface area (TPSA) is 59.7 Å². The maximum Gasteiger partial charge on any atom is 0.185 e. The molecule has 0 bridgehead atoms. The van der Waals surface area contributed by atoms with Crippen molar-refractivity contribution >= 4 is 6.29 Å². The van der Waals surface area contributed by atoms with Crippen molar-refractivity contribution in [3.05, 3.63) is 23.7 Å². The summed E-state index contributed by atoms with van der Waals surface area (Å²) in [4.78, 5) is 10.2. The first-order chi connectivity index (χ1) is 5.38. The molecule has 0 atom stereocenters. The minimum atomic E-state index is -0.358. The molecule has 0 radical (unpaired) electrons. The fourth-order valence-corrected chi connectivity index (χ4v) is 0.726. The van der Waals surface area contributed by atoms with Gasteiger partial charge in [0.2, 0.25) is 0 Å². The minimum absolute atomic E-state index is 0.196. The maximum absolute atomic E-state index is 10.2. The number of hydrogen-bond acceptors (Lipinski definition) is 4. The Balaban J connectivity index is 2.61. The fourth-order valence-electron chi connectivity index (χ4n) is 0.726. The van der Waals surface area contributed by atoms with Crippen LogP contribution in [0.3, 0.4) is 0 Å². The van der Waals surface area contributed by atoms with Crippen LogP contribution in [0.5, 0.6) is 0 Å². The summed E-state index contributed by atoms with van der Waals surface area (Å²) < 4.78 is 9.44. The van der Waals surface area contributed by atoms with Crippen LogP contribution in [-0.2, 0) is 11.3 Å². The molecule has 1 aromatic rings. The molecule has 0 saturated heterocycles. The Hall–Kier alpha value is -1.13. The third kappa shape index (κ3) is 1.89. The van der Waals surface area contributed by atoms with Gasteiger partial charge in [0, 0.05) is 5.56 Å². The Kier molecular flexibility index (Phi) is 2.83. The van der Waals surface area contributed by atoms with Gasteiger partial charge in [0.25, 0.3) is 0 Å². The summed E-state index contributed by atoms with van der Waals surface area (Å²) in [6, 6.07) is 1.62. The summed E-state index contributed by atoms with van der Waals surface area (Å²) >= 11 is 0. The highest BCUT2D eigenvalue weighted by Gasteiger charge is 2.03. The van der Waals surface area contributed by atoms with E-state index in [0.29, 0.717) is 11.8 Å². The van der Waals surface area contributed by atoms with Crippen LogP contribution >= 0.6 is 0 Å². The van der Waals surface area contributed by atoms with E-state index in [1.54, 1.807) is 6.07 Å². The van der Waals surface area contributed by atoms with E-state index in [1.807, 2.05) is 0 Å². The highest BCUT2D eigenvalue weighted by Crippen LogP contribution is 2.08. The van der Waals surface area contributed by atoms with Crippen molar-refractivity contribution in [3.63, 3.8) is 0 Å². The van der Waals surface area contributed by atoms with Crippen molar-refractivity contribution in [2.75, 3.05) is 6.79 Å². The molecule has 4 nitrogen and oxygen atoms in total.